The minimum atomic E-state index is -4.29. The number of alkyl halides is 3. The second kappa shape index (κ2) is 11.3. The van der Waals surface area contributed by atoms with Crippen molar-refractivity contribution in [3.8, 4) is 5.75 Å². The van der Waals surface area contributed by atoms with Crippen molar-refractivity contribution in [3.63, 3.8) is 0 Å². The number of nitrogens with zero attached hydrogens (tertiary/aromatic N) is 8. The van der Waals surface area contributed by atoms with E-state index in [0.29, 0.717) is 61.5 Å². The number of hydrogen-bond donors (Lipinski definition) is 2. The molecule has 9 rings (SSSR count). The number of aromatic nitrogens is 5. The average Bonchev–Trinajstić information content (AvgIpc) is 3.56. The molecule has 0 aromatic carbocycles. The maximum absolute atomic E-state index is 14.5. The molecule has 0 radical (unpaired) electrons. The molecule has 3 aromatic rings. The third-order valence-electron chi connectivity index (χ3n) is 11.5. The van der Waals surface area contributed by atoms with Crippen LogP contribution in [0, 0.1) is 18.8 Å². The number of amides is 2. The minimum Gasteiger partial charge on any atom is -0.504 e. The predicted octanol–water partition coefficient (Wildman–Crippen LogP) is 2.71. The first kappa shape index (κ1) is 31.7. The highest BCUT2D eigenvalue weighted by Gasteiger charge is 2.64. The van der Waals surface area contributed by atoms with E-state index < -0.39 is 35.4 Å². The zero-order valence-electron chi connectivity index (χ0n) is 27.3. The number of fused-ring (bicyclic) bond motifs is 3. The van der Waals surface area contributed by atoms with Gasteiger partial charge in [0.25, 0.3) is 5.91 Å². The quantitative estimate of drug-likeness (QED) is 0.381. The van der Waals surface area contributed by atoms with Crippen LogP contribution in [0.1, 0.15) is 67.3 Å². The van der Waals surface area contributed by atoms with Crippen molar-refractivity contribution in [2.24, 2.45) is 11.8 Å². The second-order valence-electron chi connectivity index (χ2n) is 14.2. The van der Waals surface area contributed by atoms with Gasteiger partial charge in [-0.3, -0.25) is 14.4 Å². The van der Waals surface area contributed by atoms with E-state index in [2.05, 4.69) is 20.3 Å². The summed E-state index contributed by atoms with van der Waals surface area (Å²) in [5.74, 6) is -2.40. The van der Waals surface area contributed by atoms with Gasteiger partial charge in [0.15, 0.2) is 22.6 Å². The first-order valence-electron chi connectivity index (χ1n) is 17.0. The summed E-state index contributed by atoms with van der Waals surface area (Å²) in [6.07, 6.45) is 1.83. The van der Waals surface area contributed by atoms with Crippen molar-refractivity contribution in [2.75, 3.05) is 36.0 Å². The molecular weight excluding hydrogens is 643 g/mol. The van der Waals surface area contributed by atoms with Crippen molar-refractivity contribution in [1.82, 2.24) is 34.7 Å². The zero-order valence-corrected chi connectivity index (χ0v) is 27.3. The lowest BCUT2D eigenvalue weighted by Gasteiger charge is -2.54. The smallest absolute Gasteiger partial charge is 0.392 e. The van der Waals surface area contributed by atoms with Gasteiger partial charge >= 0.3 is 6.18 Å². The molecule has 2 bridgehead atoms. The van der Waals surface area contributed by atoms with Crippen LogP contribution in [-0.4, -0.2) is 96.3 Å². The zero-order chi connectivity index (χ0) is 34.4. The van der Waals surface area contributed by atoms with Crippen LogP contribution in [0.15, 0.2) is 17.3 Å². The molecule has 6 fully saturated rings. The molecule has 6 aliphatic rings. The number of hydrogen-bond acceptors (Lipinski definition) is 10. The number of halogens is 3. The highest BCUT2D eigenvalue weighted by atomic mass is 19.4. The molecule has 16 heteroatoms. The molecule has 260 valence electrons. The van der Waals surface area contributed by atoms with Gasteiger partial charge in [0, 0.05) is 43.5 Å². The van der Waals surface area contributed by atoms with Gasteiger partial charge in [0.05, 0.1) is 23.9 Å². The molecule has 49 heavy (non-hydrogen) atoms. The van der Waals surface area contributed by atoms with E-state index in [1.54, 1.807) is 22.6 Å². The molecular formula is C33H38F3N9O4. The number of aromatic hydroxyl groups is 1. The van der Waals surface area contributed by atoms with Gasteiger partial charge in [-0.15, -0.1) is 0 Å². The fourth-order valence-electron chi connectivity index (χ4n) is 8.77. The molecule has 3 atom stereocenters. The summed E-state index contributed by atoms with van der Waals surface area (Å²) in [5, 5.41) is 13.5. The number of carbonyl (C=O) groups is 2. The van der Waals surface area contributed by atoms with Crippen molar-refractivity contribution >= 4 is 34.5 Å². The Hall–Kier alpha value is -4.50. The van der Waals surface area contributed by atoms with Crippen LogP contribution >= 0.6 is 0 Å². The standard InChI is InChI=1S/C33H38F3N9O4/c1-3-20-27(43-9-10-44(22-6-5-21(22)43)31(49)26-28(47)17(2)38-16-39-26)29(48)25-30(37-14-23(40-25)42-7-4-8-42)45(20)15-24(46)41-32-11-18(12-32)19(13-32)33(34,35)36/h14,16,18-19,21-22,47H,3-13,15H2,1-2H3,(H,41,46)/t18?,19?,21-,22-,32?/m1/s1. The number of pyridine rings is 1. The van der Waals surface area contributed by atoms with E-state index in [0.717, 1.165) is 19.5 Å². The van der Waals surface area contributed by atoms with Crippen LogP contribution in [0.4, 0.5) is 24.7 Å². The highest BCUT2D eigenvalue weighted by molar-refractivity contribution is 5.95. The summed E-state index contributed by atoms with van der Waals surface area (Å²) in [4.78, 5) is 64.9. The van der Waals surface area contributed by atoms with Crippen LogP contribution < -0.4 is 20.5 Å². The molecule has 4 aliphatic carbocycles. The predicted molar refractivity (Wildman–Crippen MR) is 171 cm³/mol. The summed E-state index contributed by atoms with van der Waals surface area (Å²) in [6, 6.07) is -0.434. The van der Waals surface area contributed by atoms with Gasteiger partial charge in [-0.2, -0.15) is 13.2 Å². The number of anilines is 2. The Labute approximate surface area is 279 Å². The van der Waals surface area contributed by atoms with Crippen LogP contribution in [0.3, 0.4) is 0 Å². The largest absolute Gasteiger partial charge is 0.504 e. The Morgan fingerprint density at radius 1 is 1.06 bits per heavy atom. The van der Waals surface area contributed by atoms with Gasteiger partial charge in [-0.1, -0.05) is 6.92 Å². The molecule has 4 saturated carbocycles. The monoisotopic (exact) mass is 681 g/mol. The summed E-state index contributed by atoms with van der Waals surface area (Å²) in [5.41, 5.74) is 0.422. The molecule has 0 spiro atoms. The molecule has 2 saturated heterocycles. The third kappa shape index (κ3) is 4.99. The van der Waals surface area contributed by atoms with E-state index in [-0.39, 0.29) is 59.6 Å². The Morgan fingerprint density at radius 2 is 1.82 bits per heavy atom. The van der Waals surface area contributed by atoms with E-state index in [9.17, 15) is 32.7 Å². The van der Waals surface area contributed by atoms with Crippen LogP contribution in [0.5, 0.6) is 5.75 Å². The van der Waals surface area contributed by atoms with E-state index in [1.165, 1.54) is 6.33 Å². The first-order chi connectivity index (χ1) is 23.4. The van der Waals surface area contributed by atoms with Gasteiger partial charge < -0.3 is 29.7 Å². The van der Waals surface area contributed by atoms with Gasteiger partial charge in [0.2, 0.25) is 11.3 Å². The maximum Gasteiger partial charge on any atom is 0.392 e. The van der Waals surface area contributed by atoms with Crippen molar-refractivity contribution in [3.05, 3.63) is 39.8 Å². The van der Waals surface area contributed by atoms with Gasteiger partial charge in [-0.25, -0.2) is 19.9 Å². The Kier molecular flexibility index (Phi) is 7.30. The Morgan fingerprint density at radius 3 is 2.45 bits per heavy atom. The van der Waals surface area contributed by atoms with Crippen molar-refractivity contribution < 1.29 is 27.9 Å². The fourth-order valence-corrected chi connectivity index (χ4v) is 8.77. The molecule has 13 nitrogen and oxygen atoms in total. The third-order valence-corrected chi connectivity index (χ3v) is 11.5. The number of rotatable bonds is 7. The molecule has 2 aliphatic heterocycles. The Bertz CT molecular complexity index is 1920. The first-order valence-corrected chi connectivity index (χ1v) is 17.0. The SMILES string of the molecule is CCc1c(N2CCN(C(=O)c3ncnc(C)c3O)[C@@H]3CC[C@H]32)c(=O)c2nc(N3CCC3)cnc2n1CC(=O)NC12CC(C1)C(C(F)(F)F)C2. The lowest BCUT2D eigenvalue weighted by atomic mass is 9.76. The fraction of sp³-hybridized carbons (Fsp3) is 0.606. The number of aryl methyl sites for hydroxylation is 1. The molecule has 2 amide bonds. The van der Waals surface area contributed by atoms with Crippen LogP contribution in [0.2, 0.25) is 0 Å². The topological polar surface area (TPSA) is 150 Å². The normalized spacial score (nSPS) is 27.3. The van der Waals surface area contributed by atoms with Crippen molar-refractivity contribution in [2.45, 2.75) is 89.1 Å². The summed E-state index contributed by atoms with van der Waals surface area (Å²) in [6.45, 7) is 5.43. The van der Waals surface area contributed by atoms with Crippen molar-refractivity contribution in [1.29, 1.82) is 0 Å². The summed E-state index contributed by atoms with van der Waals surface area (Å²) in [7, 11) is 0. The lowest BCUT2D eigenvalue weighted by molar-refractivity contribution is -0.180. The summed E-state index contributed by atoms with van der Waals surface area (Å²) < 4.78 is 42.5. The molecule has 5 heterocycles. The van der Waals surface area contributed by atoms with Crippen LogP contribution in [-0.2, 0) is 17.8 Å². The number of carbonyl (C=O) groups excluding carboxylic acids is 2. The van der Waals surface area contributed by atoms with E-state index >= 15 is 0 Å². The highest BCUT2D eigenvalue weighted by Crippen LogP contribution is 2.60. The second-order valence-corrected chi connectivity index (χ2v) is 14.2. The molecule has 2 N–H and O–H groups in total. The van der Waals surface area contributed by atoms with Gasteiger partial charge in [-0.05, 0) is 57.8 Å². The van der Waals surface area contributed by atoms with Crippen LogP contribution in [0.25, 0.3) is 11.2 Å². The maximum atomic E-state index is 14.5. The lowest BCUT2D eigenvalue weighted by Crippen LogP contribution is -2.67. The number of nitrogens with one attached hydrogen (secondary N) is 1. The summed E-state index contributed by atoms with van der Waals surface area (Å²) >= 11 is 0. The Balaban J connectivity index is 1.14. The van der Waals surface area contributed by atoms with Gasteiger partial charge in [0.1, 0.15) is 24.4 Å². The van der Waals surface area contributed by atoms with E-state index in [1.807, 2.05) is 16.7 Å². The number of piperazine rings is 1. The minimum absolute atomic E-state index is 0.0604. The van der Waals surface area contributed by atoms with E-state index in [4.69, 9.17) is 4.98 Å². The molecule has 3 aromatic heterocycles. The molecule has 1 unspecified atom stereocenters. The average molecular weight is 682 g/mol.